The van der Waals surface area contributed by atoms with Gasteiger partial charge in [0.05, 0.1) is 0 Å². The van der Waals surface area contributed by atoms with Crippen LogP contribution in [0.4, 0.5) is 0 Å². The van der Waals surface area contributed by atoms with Gasteiger partial charge in [-0.2, -0.15) is 0 Å². The van der Waals surface area contributed by atoms with Gasteiger partial charge in [-0.05, 0) is 0 Å². The Morgan fingerprint density at radius 3 is 2.82 bits per heavy atom. The first-order valence-electron chi connectivity index (χ1n) is 3.29. The lowest BCUT2D eigenvalue weighted by molar-refractivity contribution is -0.140. The number of rotatable bonds is 3. The number of hydrogen-bond acceptors (Lipinski definition) is 4. The third-order valence-electron chi connectivity index (χ3n) is 1.33. The molecule has 1 heterocycles. The number of carbonyl (C=O) groups excluding carboxylic acids is 1. The lowest BCUT2D eigenvalue weighted by atomic mass is 10.3. The maximum absolute atomic E-state index is 11.0. The maximum atomic E-state index is 11.0. The van der Waals surface area contributed by atoms with E-state index in [2.05, 4.69) is 5.32 Å². The molecule has 5 heteroatoms. The summed E-state index contributed by atoms with van der Waals surface area (Å²) < 4.78 is 0. The molecule has 0 aromatic heterocycles. The van der Waals surface area contributed by atoms with Crippen molar-refractivity contribution in [2.75, 3.05) is 12.3 Å². The molecule has 0 aromatic carbocycles. The Kier molecular flexibility index (Phi) is 2.90. The smallest absolute Gasteiger partial charge is 0.310 e. The maximum Gasteiger partial charge on any atom is 0.310 e. The normalized spacial score (nSPS) is 23.5. The lowest BCUT2D eigenvalue weighted by Gasteiger charge is -2.04. The topological polar surface area (TPSA) is 66.4 Å². The Hall–Kier alpha value is -0.550. The van der Waals surface area contributed by atoms with Crippen LogP contribution in [0.25, 0.3) is 0 Å². The molecule has 0 spiro atoms. The number of hydrogen-bond donors (Lipinski definition) is 2. The minimum atomic E-state index is -1.05. The summed E-state index contributed by atoms with van der Waals surface area (Å²) in [5.41, 5.74) is 0. The molecule has 11 heavy (non-hydrogen) atoms. The van der Waals surface area contributed by atoms with Crippen molar-refractivity contribution < 1.29 is 14.7 Å². The molecule has 0 aliphatic carbocycles. The zero-order chi connectivity index (χ0) is 8.27. The van der Waals surface area contributed by atoms with Crippen LogP contribution < -0.4 is 5.32 Å². The predicted molar refractivity (Wildman–Crippen MR) is 41.5 cm³/mol. The summed E-state index contributed by atoms with van der Waals surface area (Å²) in [5, 5.41) is 10.9. The van der Waals surface area contributed by atoms with Crippen LogP contribution in [0.2, 0.25) is 0 Å². The highest BCUT2D eigenvalue weighted by Crippen LogP contribution is 2.15. The molecule has 2 N–H and O–H groups in total. The van der Waals surface area contributed by atoms with Crippen LogP contribution >= 0.6 is 11.8 Å². The number of carboxylic acids is 1. The van der Waals surface area contributed by atoms with Gasteiger partial charge in [0.15, 0.2) is 5.78 Å². The Labute approximate surface area is 68.3 Å². The average molecular weight is 175 g/mol. The van der Waals surface area contributed by atoms with Gasteiger partial charge in [0.1, 0.15) is 11.8 Å². The number of thioether (sulfide) groups is 1. The Morgan fingerprint density at radius 2 is 2.36 bits per heavy atom. The molecule has 0 bridgehead atoms. The highest BCUT2D eigenvalue weighted by Gasteiger charge is 2.23. The molecule has 0 amide bonds. The van der Waals surface area contributed by atoms with E-state index in [-0.39, 0.29) is 17.6 Å². The van der Waals surface area contributed by atoms with Crippen molar-refractivity contribution in [2.45, 2.75) is 11.8 Å². The highest BCUT2D eigenvalue weighted by atomic mass is 32.2. The number of Topliss-reactive ketones (excluding diaryl/α,β-unsaturated/α-hetero) is 1. The molecule has 1 aliphatic rings. The molecular weight excluding hydrogens is 166 g/mol. The molecule has 0 aromatic rings. The first kappa shape index (κ1) is 8.55. The van der Waals surface area contributed by atoms with Crippen LogP contribution in [0.1, 0.15) is 6.42 Å². The molecular formula is C6H9NO3S. The van der Waals surface area contributed by atoms with E-state index in [4.69, 9.17) is 5.11 Å². The van der Waals surface area contributed by atoms with Crippen LogP contribution in [-0.2, 0) is 9.59 Å². The van der Waals surface area contributed by atoms with Gasteiger partial charge in [-0.3, -0.25) is 14.9 Å². The number of carbonyl (C=O) groups is 2. The number of ketones is 1. The van der Waals surface area contributed by atoms with Crippen LogP contribution in [0, 0.1) is 0 Å². The summed E-state index contributed by atoms with van der Waals surface area (Å²) >= 11 is 1.47. The van der Waals surface area contributed by atoms with Crippen molar-refractivity contribution in [3.63, 3.8) is 0 Å². The zero-order valence-electron chi connectivity index (χ0n) is 5.87. The molecule has 1 unspecified atom stereocenters. The van der Waals surface area contributed by atoms with E-state index >= 15 is 0 Å². The minimum Gasteiger partial charge on any atom is -0.481 e. The van der Waals surface area contributed by atoms with E-state index in [1.54, 1.807) is 0 Å². The van der Waals surface area contributed by atoms with Gasteiger partial charge in [-0.25, -0.2) is 0 Å². The molecule has 4 nitrogen and oxygen atoms in total. The first-order valence-corrected chi connectivity index (χ1v) is 4.34. The standard InChI is InChI=1S/C6H9NO3S/c8-4(3-5(9)10)6-7-1-2-11-6/h6-7H,1-3H2,(H,9,10). The fourth-order valence-corrected chi connectivity index (χ4v) is 1.85. The van der Waals surface area contributed by atoms with Crippen molar-refractivity contribution in [3.8, 4) is 0 Å². The first-order chi connectivity index (χ1) is 5.20. The number of aliphatic carboxylic acids is 1. The molecule has 0 saturated carbocycles. The summed E-state index contributed by atoms with van der Waals surface area (Å²) in [6, 6.07) is 0. The summed E-state index contributed by atoms with van der Waals surface area (Å²) in [7, 11) is 0. The molecule has 1 rings (SSSR count). The number of nitrogens with one attached hydrogen (secondary N) is 1. The van der Waals surface area contributed by atoms with Crippen molar-refractivity contribution in [2.24, 2.45) is 0 Å². The zero-order valence-corrected chi connectivity index (χ0v) is 6.69. The molecule has 1 saturated heterocycles. The SMILES string of the molecule is O=C(O)CC(=O)C1NCCS1. The van der Waals surface area contributed by atoms with Crippen molar-refractivity contribution in [3.05, 3.63) is 0 Å². The Bertz CT molecular complexity index is 177. The van der Waals surface area contributed by atoms with Crippen LogP contribution in [0.3, 0.4) is 0 Å². The van der Waals surface area contributed by atoms with Gasteiger partial charge in [0, 0.05) is 12.3 Å². The predicted octanol–water partition coefficient (Wildman–Crippen LogP) is -0.307. The van der Waals surface area contributed by atoms with E-state index in [0.29, 0.717) is 0 Å². The second-order valence-corrected chi connectivity index (χ2v) is 3.45. The Balaban J connectivity index is 2.34. The Morgan fingerprint density at radius 1 is 1.64 bits per heavy atom. The van der Waals surface area contributed by atoms with Gasteiger partial charge in [-0.1, -0.05) is 0 Å². The van der Waals surface area contributed by atoms with E-state index < -0.39 is 5.97 Å². The summed E-state index contributed by atoms with van der Waals surface area (Å²) in [4.78, 5) is 21.1. The molecule has 1 fully saturated rings. The third-order valence-corrected chi connectivity index (χ3v) is 2.54. The van der Waals surface area contributed by atoms with E-state index in [1.807, 2.05) is 0 Å². The summed E-state index contributed by atoms with van der Waals surface area (Å²) in [6.45, 7) is 0.792. The van der Waals surface area contributed by atoms with E-state index in [1.165, 1.54) is 11.8 Å². The summed E-state index contributed by atoms with van der Waals surface area (Å²) in [5.74, 6) is -0.403. The average Bonchev–Trinajstić information content (AvgIpc) is 2.35. The quantitative estimate of drug-likeness (QED) is 0.576. The molecule has 62 valence electrons. The van der Waals surface area contributed by atoms with Gasteiger partial charge >= 0.3 is 5.97 Å². The van der Waals surface area contributed by atoms with Gasteiger partial charge in [0.25, 0.3) is 0 Å². The monoisotopic (exact) mass is 175 g/mol. The van der Waals surface area contributed by atoms with Crippen LogP contribution in [-0.4, -0.2) is 34.5 Å². The minimum absolute atomic E-state index is 0.236. The lowest BCUT2D eigenvalue weighted by Crippen LogP contribution is -2.30. The van der Waals surface area contributed by atoms with Crippen molar-refractivity contribution >= 4 is 23.5 Å². The fraction of sp³-hybridized carbons (Fsp3) is 0.667. The van der Waals surface area contributed by atoms with Gasteiger partial charge in [-0.15, -0.1) is 11.8 Å². The second-order valence-electron chi connectivity index (χ2n) is 2.24. The molecule has 1 aliphatic heterocycles. The van der Waals surface area contributed by atoms with Gasteiger partial charge in [0.2, 0.25) is 0 Å². The molecule has 1 atom stereocenters. The largest absolute Gasteiger partial charge is 0.481 e. The van der Waals surface area contributed by atoms with Crippen LogP contribution in [0.15, 0.2) is 0 Å². The van der Waals surface area contributed by atoms with Crippen molar-refractivity contribution in [1.29, 1.82) is 0 Å². The van der Waals surface area contributed by atoms with E-state index in [0.717, 1.165) is 12.3 Å². The fourth-order valence-electron chi connectivity index (χ4n) is 0.874. The van der Waals surface area contributed by atoms with E-state index in [9.17, 15) is 9.59 Å². The number of carboxylic acid groups (broad SMARTS) is 1. The van der Waals surface area contributed by atoms with Crippen molar-refractivity contribution in [1.82, 2.24) is 5.32 Å². The summed E-state index contributed by atoms with van der Waals surface area (Å²) in [6.07, 6.45) is -0.370. The second kappa shape index (κ2) is 3.73. The third kappa shape index (κ3) is 2.51. The highest BCUT2D eigenvalue weighted by molar-refractivity contribution is 8.00. The molecule has 0 radical (unpaired) electrons. The van der Waals surface area contributed by atoms with Crippen LogP contribution in [0.5, 0.6) is 0 Å². The van der Waals surface area contributed by atoms with Gasteiger partial charge < -0.3 is 5.11 Å².